The molecule has 0 saturated carbocycles. The Morgan fingerprint density at radius 1 is 1.21 bits per heavy atom. The van der Waals surface area contributed by atoms with E-state index in [2.05, 4.69) is 15.6 Å². The fourth-order valence-corrected chi connectivity index (χ4v) is 5.39. The van der Waals surface area contributed by atoms with Crippen LogP contribution in [-0.2, 0) is 9.53 Å². The highest BCUT2D eigenvalue weighted by atomic mass is 35.5. The summed E-state index contributed by atoms with van der Waals surface area (Å²) < 4.78 is 5.84. The third kappa shape index (κ3) is 5.87. The first-order chi connectivity index (χ1) is 15.7. The number of pyridine rings is 1. The van der Waals surface area contributed by atoms with Crippen molar-refractivity contribution in [3.8, 4) is 0 Å². The lowest BCUT2D eigenvalue weighted by Gasteiger charge is -2.39. The lowest BCUT2D eigenvalue weighted by atomic mass is 10.1. The molecule has 3 rings (SSSR count). The zero-order chi connectivity index (χ0) is 24.2. The van der Waals surface area contributed by atoms with Crippen molar-refractivity contribution in [1.29, 1.82) is 0 Å². The van der Waals surface area contributed by atoms with Crippen LogP contribution in [0.3, 0.4) is 0 Å². The number of aromatic nitrogens is 1. The number of alkyl halides is 1. The van der Waals surface area contributed by atoms with Crippen molar-refractivity contribution in [2.75, 3.05) is 10.8 Å². The van der Waals surface area contributed by atoms with E-state index in [9.17, 15) is 9.59 Å². The molecule has 0 bridgehead atoms. The number of anilines is 1. The SMILES string of the molecule is CCC1(OC(=O)NC(=O)CCl)NC(C(C)C)=C(Sc2cc(Cl)cc(Cl)c2)N1c1ccncc1. The lowest BCUT2D eigenvalue weighted by Crippen LogP contribution is -2.57. The van der Waals surface area contributed by atoms with E-state index < -0.39 is 17.8 Å². The molecule has 1 aliphatic heterocycles. The molecule has 2 amide bonds. The van der Waals surface area contributed by atoms with Crippen LogP contribution in [0.1, 0.15) is 27.2 Å². The van der Waals surface area contributed by atoms with Gasteiger partial charge in [-0.1, -0.05) is 55.7 Å². The summed E-state index contributed by atoms with van der Waals surface area (Å²) in [4.78, 5) is 31.0. The van der Waals surface area contributed by atoms with Gasteiger partial charge in [-0.3, -0.25) is 20.0 Å². The number of ether oxygens (including phenoxy) is 1. The molecule has 1 aliphatic rings. The summed E-state index contributed by atoms with van der Waals surface area (Å²) in [6.45, 7) is 5.93. The highest BCUT2D eigenvalue weighted by molar-refractivity contribution is 8.03. The Hall–Kier alpha value is -2.13. The molecular formula is C22H23Cl3N4O3S. The average Bonchev–Trinajstić information content (AvgIpc) is 3.07. The van der Waals surface area contributed by atoms with Gasteiger partial charge in [0.25, 0.3) is 5.85 Å². The molecule has 2 N–H and O–H groups in total. The van der Waals surface area contributed by atoms with Crippen molar-refractivity contribution in [3.05, 3.63) is 63.5 Å². The minimum Gasteiger partial charge on any atom is -0.403 e. The Morgan fingerprint density at radius 3 is 2.39 bits per heavy atom. The van der Waals surface area contributed by atoms with E-state index in [1.807, 2.05) is 49.9 Å². The van der Waals surface area contributed by atoms with Crippen molar-refractivity contribution in [1.82, 2.24) is 15.6 Å². The van der Waals surface area contributed by atoms with E-state index in [0.29, 0.717) is 16.5 Å². The first kappa shape index (κ1) is 25.5. The Morgan fingerprint density at radius 2 is 1.85 bits per heavy atom. The van der Waals surface area contributed by atoms with Gasteiger partial charge >= 0.3 is 6.09 Å². The predicted octanol–water partition coefficient (Wildman–Crippen LogP) is 5.97. The van der Waals surface area contributed by atoms with Crippen LogP contribution in [-0.4, -0.2) is 28.7 Å². The van der Waals surface area contributed by atoms with E-state index >= 15 is 0 Å². The maximum atomic E-state index is 12.6. The van der Waals surface area contributed by atoms with Crippen LogP contribution in [0.5, 0.6) is 0 Å². The standard InChI is InChI=1S/C22H23Cl3N4O3S/c1-4-22(32-21(31)27-18(30)12-23)28-19(13(2)3)20(29(22)16-5-7-26-8-6-16)33-17-10-14(24)9-15(25)11-17/h5-11,13,28H,4,12H2,1-3H3,(H,27,30,31). The van der Waals surface area contributed by atoms with Gasteiger partial charge in [0.2, 0.25) is 5.91 Å². The molecular weight excluding hydrogens is 507 g/mol. The van der Waals surface area contributed by atoms with Crippen molar-refractivity contribution in [2.45, 2.75) is 37.9 Å². The Bertz CT molecular complexity index is 1050. The summed E-state index contributed by atoms with van der Waals surface area (Å²) in [5.41, 5.74) is 1.59. The molecule has 2 aromatic rings. The van der Waals surface area contributed by atoms with Gasteiger partial charge in [0.15, 0.2) is 0 Å². The summed E-state index contributed by atoms with van der Waals surface area (Å²) >= 11 is 19.4. The van der Waals surface area contributed by atoms with Crippen molar-refractivity contribution in [2.24, 2.45) is 5.92 Å². The molecule has 0 spiro atoms. The molecule has 7 nitrogen and oxygen atoms in total. The van der Waals surface area contributed by atoms with E-state index in [-0.39, 0.29) is 11.8 Å². The predicted molar refractivity (Wildman–Crippen MR) is 132 cm³/mol. The largest absolute Gasteiger partial charge is 0.417 e. The van der Waals surface area contributed by atoms with Gasteiger partial charge in [-0.05, 0) is 36.2 Å². The number of carbonyl (C=O) groups excluding carboxylic acids is 2. The molecule has 1 aromatic heterocycles. The lowest BCUT2D eigenvalue weighted by molar-refractivity contribution is -0.118. The number of hydrogen-bond donors (Lipinski definition) is 2. The van der Waals surface area contributed by atoms with E-state index in [4.69, 9.17) is 39.5 Å². The van der Waals surface area contributed by atoms with Crippen molar-refractivity contribution in [3.63, 3.8) is 0 Å². The van der Waals surface area contributed by atoms with Gasteiger partial charge < -0.3 is 10.1 Å². The van der Waals surface area contributed by atoms with Crippen LogP contribution in [0.4, 0.5) is 10.5 Å². The summed E-state index contributed by atoms with van der Waals surface area (Å²) in [5, 5.41) is 7.35. The average molecular weight is 530 g/mol. The number of amides is 2. The molecule has 2 heterocycles. The normalized spacial score (nSPS) is 17.8. The highest BCUT2D eigenvalue weighted by Crippen LogP contribution is 2.46. The second-order valence-corrected chi connectivity index (χ2v) is 9.66. The molecule has 11 heteroatoms. The van der Waals surface area contributed by atoms with Crippen LogP contribution in [0.2, 0.25) is 10.0 Å². The first-order valence-electron chi connectivity index (χ1n) is 10.1. The molecule has 1 unspecified atom stereocenters. The topological polar surface area (TPSA) is 83.6 Å². The molecule has 33 heavy (non-hydrogen) atoms. The van der Waals surface area contributed by atoms with Gasteiger partial charge in [-0.15, -0.1) is 11.6 Å². The second-order valence-electron chi connectivity index (χ2n) is 7.46. The van der Waals surface area contributed by atoms with Crippen molar-refractivity contribution < 1.29 is 14.3 Å². The number of rotatable bonds is 7. The maximum absolute atomic E-state index is 12.6. The van der Waals surface area contributed by atoms with Crippen LogP contribution in [0.25, 0.3) is 0 Å². The molecule has 0 saturated heterocycles. The van der Waals surface area contributed by atoms with Crippen LogP contribution < -0.4 is 15.5 Å². The first-order valence-corrected chi connectivity index (χ1v) is 12.2. The van der Waals surface area contributed by atoms with Crippen LogP contribution in [0.15, 0.2) is 58.3 Å². The van der Waals surface area contributed by atoms with Gasteiger partial charge in [-0.2, -0.15) is 0 Å². The zero-order valence-corrected chi connectivity index (χ0v) is 21.3. The third-order valence-corrected chi connectivity index (χ3v) is 6.52. The number of hydrogen-bond acceptors (Lipinski definition) is 7. The van der Waals surface area contributed by atoms with Crippen LogP contribution >= 0.6 is 46.6 Å². The zero-order valence-electron chi connectivity index (χ0n) is 18.2. The minimum atomic E-state index is -1.30. The number of halogens is 3. The van der Waals surface area contributed by atoms with Gasteiger partial charge in [-0.25, -0.2) is 4.79 Å². The Balaban J connectivity index is 2.10. The summed E-state index contributed by atoms with van der Waals surface area (Å²) in [5.74, 6) is -2.26. The second kappa shape index (κ2) is 10.9. The number of imide groups is 1. The molecule has 1 aromatic carbocycles. The number of carbonyl (C=O) groups is 2. The fraction of sp³-hybridized carbons (Fsp3) is 0.318. The van der Waals surface area contributed by atoms with E-state index in [1.165, 1.54) is 11.8 Å². The van der Waals surface area contributed by atoms with Crippen molar-refractivity contribution >= 4 is 64.3 Å². The highest BCUT2D eigenvalue weighted by Gasteiger charge is 2.49. The van der Waals surface area contributed by atoms with Gasteiger partial charge in [0.1, 0.15) is 10.9 Å². The monoisotopic (exact) mass is 528 g/mol. The molecule has 0 fully saturated rings. The number of thioether (sulfide) groups is 1. The quantitative estimate of drug-likeness (QED) is 0.427. The molecule has 176 valence electrons. The van der Waals surface area contributed by atoms with E-state index in [0.717, 1.165) is 21.3 Å². The number of benzene rings is 1. The maximum Gasteiger partial charge on any atom is 0.417 e. The van der Waals surface area contributed by atoms with Crippen LogP contribution in [0, 0.1) is 5.92 Å². The van der Waals surface area contributed by atoms with Gasteiger partial charge in [0, 0.05) is 39.5 Å². The molecule has 0 radical (unpaired) electrons. The summed E-state index contributed by atoms with van der Waals surface area (Å²) in [7, 11) is 0. The van der Waals surface area contributed by atoms with E-state index in [1.54, 1.807) is 18.5 Å². The van der Waals surface area contributed by atoms with Gasteiger partial charge in [0.05, 0.1) is 5.69 Å². The number of nitrogens with one attached hydrogen (secondary N) is 2. The summed E-state index contributed by atoms with van der Waals surface area (Å²) in [6, 6.07) is 8.91. The molecule has 1 atom stereocenters. The molecule has 0 aliphatic carbocycles. The third-order valence-electron chi connectivity index (χ3n) is 4.78. The number of allylic oxidation sites excluding steroid dienone is 1. The summed E-state index contributed by atoms with van der Waals surface area (Å²) in [6.07, 6.45) is 2.75. The minimum absolute atomic E-state index is 0.0519. The number of alkyl carbamates (subject to hydrolysis) is 1. The smallest absolute Gasteiger partial charge is 0.403 e. The Kier molecular flexibility index (Phi) is 8.39. The Labute approximate surface area is 211 Å². The fourth-order valence-electron chi connectivity index (χ4n) is 3.33. The number of nitrogens with zero attached hydrogens (tertiary/aromatic N) is 2.